The van der Waals surface area contributed by atoms with Crippen LogP contribution in [0.1, 0.15) is 51.9 Å². The Kier molecular flexibility index (Phi) is 5.93. The summed E-state index contributed by atoms with van der Waals surface area (Å²) in [6, 6.07) is 1.53. The Morgan fingerprint density at radius 1 is 1.17 bits per heavy atom. The van der Waals surface area contributed by atoms with Gasteiger partial charge >= 0.3 is 0 Å². The molecule has 2 fully saturated rings. The SMILES string of the molecule is CCCC1CC(N(C)C2CCCNCC2)CCO1. The Balaban J connectivity index is 1.84. The minimum atomic E-state index is 0.514. The van der Waals surface area contributed by atoms with Gasteiger partial charge in [-0.25, -0.2) is 0 Å². The molecule has 0 aliphatic carbocycles. The minimum absolute atomic E-state index is 0.514. The fourth-order valence-electron chi connectivity index (χ4n) is 3.46. The lowest BCUT2D eigenvalue weighted by Gasteiger charge is -2.39. The highest BCUT2D eigenvalue weighted by Crippen LogP contribution is 2.25. The van der Waals surface area contributed by atoms with E-state index in [0.717, 1.165) is 18.7 Å². The van der Waals surface area contributed by atoms with E-state index in [1.807, 2.05) is 0 Å². The molecular formula is C15H30N2O. The summed E-state index contributed by atoms with van der Waals surface area (Å²) in [7, 11) is 2.34. The average molecular weight is 254 g/mol. The van der Waals surface area contributed by atoms with Gasteiger partial charge in [0.2, 0.25) is 0 Å². The zero-order valence-corrected chi connectivity index (χ0v) is 12.2. The summed E-state index contributed by atoms with van der Waals surface area (Å²) < 4.78 is 5.87. The molecule has 3 atom stereocenters. The average Bonchev–Trinajstić information content (AvgIpc) is 2.67. The molecule has 0 radical (unpaired) electrons. The topological polar surface area (TPSA) is 24.5 Å². The van der Waals surface area contributed by atoms with Crippen LogP contribution in [0, 0.1) is 0 Å². The maximum absolute atomic E-state index is 5.87. The van der Waals surface area contributed by atoms with Gasteiger partial charge in [-0.3, -0.25) is 0 Å². The van der Waals surface area contributed by atoms with Gasteiger partial charge in [0.05, 0.1) is 6.10 Å². The Hall–Kier alpha value is -0.120. The molecule has 0 spiro atoms. The van der Waals surface area contributed by atoms with Crippen molar-refractivity contribution in [1.82, 2.24) is 10.2 Å². The van der Waals surface area contributed by atoms with Crippen molar-refractivity contribution in [2.75, 3.05) is 26.7 Å². The highest BCUT2D eigenvalue weighted by atomic mass is 16.5. The molecule has 3 unspecified atom stereocenters. The summed E-state index contributed by atoms with van der Waals surface area (Å²) >= 11 is 0. The zero-order valence-electron chi connectivity index (χ0n) is 12.2. The van der Waals surface area contributed by atoms with Crippen molar-refractivity contribution in [2.45, 2.75) is 70.1 Å². The van der Waals surface area contributed by atoms with Gasteiger partial charge in [0.25, 0.3) is 0 Å². The van der Waals surface area contributed by atoms with E-state index in [9.17, 15) is 0 Å². The van der Waals surface area contributed by atoms with E-state index in [-0.39, 0.29) is 0 Å². The summed E-state index contributed by atoms with van der Waals surface area (Å²) in [6.07, 6.45) is 9.46. The summed E-state index contributed by atoms with van der Waals surface area (Å²) in [5.74, 6) is 0. The molecular weight excluding hydrogens is 224 g/mol. The van der Waals surface area contributed by atoms with Crippen LogP contribution in [0.2, 0.25) is 0 Å². The van der Waals surface area contributed by atoms with E-state index in [1.54, 1.807) is 0 Å². The molecule has 2 rings (SSSR count). The Labute approximate surface area is 112 Å². The van der Waals surface area contributed by atoms with Crippen LogP contribution in [0.25, 0.3) is 0 Å². The van der Waals surface area contributed by atoms with E-state index >= 15 is 0 Å². The molecule has 0 saturated carbocycles. The van der Waals surface area contributed by atoms with Gasteiger partial charge in [-0.15, -0.1) is 0 Å². The highest BCUT2D eigenvalue weighted by molar-refractivity contribution is 4.83. The third-order valence-corrected chi connectivity index (χ3v) is 4.65. The number of hydrogen-bond donors (Lipinski definition) is 1. The molecule has 2 aliphatic rings. The van der Waals surface area contributed by atoms with Crippen molar-refractivity contribution in [3.8, 4) is 0 Å². The molecule has 2 heterocycles. The van der Waals surface area contributed by atoms with Gasteiger partial charge < -0.3 is 15.0 Å². The van der Waals surface area contributed by atoms with Gasteiger partial charge in [-0.1, -0.05) is 13.3 Å². The maximum atomic E-state index is 5.87. The molecule has 0 aromatic heterocycles. The molecule has 0 bridgehead atoms. The lowest BCUT2D eigenvalue weighted by atomic mass is 9.96. The monoisotopic (exact) mass is 254 g/mol. The van der Waals surface area contributed by atoms with Crippen molar-refractivity contribution in [3.63, 3.8) is 0 Å². The first kappa shape index (κ1) is 14.3. The van der Waals surface area contributed by atoms with Crippen molar-refractivity contribution >= 4 is 0 Å². The Morgan fingerprint density at radius 3 is 2.89 bits per heavy atom. The van der Waals surface area contributed by atoms with Crippen LogP contribution in [0.3, 0.4) is 0 Å². The standard InChI is InChI=1S/C15H30N2O/c1-3-5-15-12-14(8-11-18-15)17(2)13-6-4-9-16-10-7-13/h13-16H,3-12H2,1-2H3. The number of ether oxygens (including phenoxy) is 1. The zero-order chi connectivity index (χ0) is 12.8. The summed E-state index contributed by atoms with van der Waals surface area (Å²) in [4.78, 5) is 2.66. The Morgan fingerprint density at radius 2 is 2.06 bits per heavy atom. The molecule has 3 heteroatoms. The van der Waals surface area contributed by atoms with Crippen molar-refractivity contribution in [1.29, 1.82) is 0 Å². The van der Waals surface area contributed by atoms with Crippen LogP contribution < -0.4 is 5.32 Å². The Bertz CT molecular complexity index is 225. The quantitative estimate of drug-likeness (QED) is 0.834. The summed E-state index contributed by atoms with van der Waals surface area (Å²) in [6.45, 7) is 5.62. The van der Waals surface area contributed by atoms with Crippen molar-refractivity contribution in [3.05, 3.63) is 0 Å². The fraction of sp³-hybridized carbons (Fsp3) is 1.00. The van der Waals surface area contributed by atoms with E-state index in [4.69, 9.17) is 4.74 Å². The highest BCUT2D eigenvalue weighted by Gasteiger charge is 2.28. The second-order valence-corrected chi connectivity index (χ2v) is 5.96. The fourth-order valence-corrected chi connectivity index (χ4v) is 3.46. The maximum Gasteiger partial charge on any atom is 0.0590 e. The second kappa shape index (κ2) is 7.46. The third kappa shape index (κ3) is 3.94. The summed E-state index contributed by atoms with van der Waals surface area (Å²) in [5.41, 5.74) is 0. The predicted molar refractivity (Wildman–Crippen MR) is 75.9 cm³/mol. The lowest BCUT2D eigenvalue weighted by molar-refractivity contribution is -0.0345. The van der Waals surface area contributed by atoms with Crippen LogP contribution in [0.5, 0.6) is 0 Å². The first-order valence-electron chi connectivity index (χ1n) is 7.85. The smallest absolute Gasteiger partial charge is 0.0590 e. The number of nitrogens with zero attached hydrogens (tertiary/aromatic N) is 1. The first-order chi connectivity index (χ1) is 8.81. The molecule has 18 heavy (non-hydrogen) atoms. The van der Waals surface area contributed by atoms with Crippen molar-refractivity contribution < 1.29 is 4.74 Å². The van der Waals surface area contributed by atoms with E-state index in [2.05, 4.69) is 24.2 Å². The van der Waals surface area contributed by atoms with E-state index in [0.29, 0.717) is 6.10 Å². The number of nitrogens with one attached hydrogen (secondary N) is 1. The van der Waals surface area contributed by atoms with Crippen LogP contribution in [-0.2, 0) is 4.74 Å². The van der Waals surface area contributed by atoms with Gasteiger partial charge in [-0.2, -0.15) is 0 Å². The largest absolute Gasteiger partial charge is 0.378 e. The summed E-state index contributed by atoms with van der Waals surface area (Å²) in [5, 5.41) is 3.51. The van der Waals surface area contributed by atoms with Crippen LogP contribution in [0.15, 0.2) is 0 Å². The van der Waals surface area contributed by atoms with E-state index < -0.39 is 0 Å². The molecule has 0 aromatic carbocycles. The van der Waals surface area contributed by atoms with E-state index in [1.165, 1.54) is 58.0 Å². The molecule has 3 nitrogen and oxygen atoms in total. The lowest BCUT2D eigenvalue weighted by Crippen LogP contribution is -2.45. The molecule has 106 valence electrons. The minimum Gasteiger partial charge on any atom is -0.378 e. The number of rotatable bonds is 4. The molecule has 0 aromatic rings. The number of hydrogen-bond acceptors (Lipinski definition) is 3. The van der Waals surface area contributed by atoms with Crippen LogP contribution in [-0.4, -0.2) is 49.8 Å². The van der Waals surface area contributed by atoms with Crippen LogP contribution in [0.4, 0.5) is 0 Å². The normalized spacial score (nSPS) is 34.5. The molecule has 2 saturated heterocycles. The molecule has 2 aliphatic heterocycles. The van der Waals surface area contributed by atoms with Crippen LogP contribution >= 0.6 is 0 Å². The van der Waals surface area contributed by atoms with Gasteiger partial charge in [0.1, 0.15) is 0 Å². The molecule has 1 N–H and O–H groups in total. The van der Waals surface area contributed by atoms with Gasteiger partial charge in [0.15, 0.2) is 0 Å². The first-order valence-corrected chi connectivity index (χ1v) is 7.85. The second-order valence-electron chi connectivity index (χ2n) is 5.96. The van der Waals surface area contributed by atoms with Crippen molar-refractivity contribution in [2.24, 2.45) is 0 Å². The van der Waals surface area contributed by atoms with Gasteiger partial charge in [0, 0.05) is 18.7 Å². The molecule has 0 amide bonds. The predicted octanol–water partition coefficient (Wildman–Crippen LogP) is 2.41. The van der Waals surface area contributed by atoms with Gasteiger partial charge in [-0.05, 0) is 58.7 Å². The third-order valence-electron chi connectivity index (χ3n) is 4.65.